The summed E-state index contributed by atoms with van der Waals surface area (Å²) in [5.41, 5.74) is -0.343. The number of halogens is 3. The van der Waals surface area contributed by atoms with E-state index < -0.39 is 29.1 Å². The number of benzene rings is 1. The zero-order valence-corrected chi connectivity index (χ0v) is 25.1. The minimum absolute atomic E-state index is 0.217. The van der Waals surface area contributed by atoms with Crippen molar-refractivity contribution in [3.63, 3.8) is 0 Å². The highest BCUT2D eigenvalue weighted by atomic mass is 32.2. The smallest absolute Gasteiger partial charge is 0.417 e. The number of amides is 1. The summed E-state index contributed by atoms with van der Waals surface area (Å²) in [6, 6.07) is 0.582. The van der Waals surface area contributed by atoms with Crippen molar-refractivity contribution >= 4 is 51.9 Å². The van der Waals surface area contributed by atoms with Gasteiger partial charge < -0.3 is 9.64 Å². The molecule has 0 N–H and O–H groups in total. The first kappa shape index (κ1) is 29.2. The van der Waals surface area contributed by atoms with Gasteiger partial charge in [0.15, 0.2) is 0 Å². The molecule has 0 bridgehead atoms. The molecule has 5 rings (SSSR count). The van der Waals surface area contributed by atoms with E-state index in [-0.39, 0.29) is 23.5 Å². The number of allylic oxidation sites excluding steroid dienone is 1. The summed E-state index contributed by atoms with van der Waals surface area (Å²) in [7, 11) is 0. The van der Waals surface area contributed by atoms with Gasteiger partial charge >= 0.3 is 18.0 Å². The predicted molar refractivity (Wildman–Crippen MR) is 155 cm³/mol. The fourth-order valence-corrected chi connectivity index (χ4v) is 7.92. The number of aryl methyl sites for hydroxylation is 1. The molecule has 1 fully saturated rings. The summed E-state index contributed by atoms with van der Waals surface area (Å²) in [6.07, 6.45) is -1.90. The zero-order chi connectivity index (χ0) is 29.0. The number of piperazine rings is 1. The quantitative estimate of drug-likeness (QED) is 0.405. The van der Waals surface area contributed by atoms with Crippen molar-refractivity contribution in [2.24, 2.45) is 0 Å². The van der Waals surface area contributed by atoms with E-state index in [1.807, 2.05) is 24.8 Å². The Morgan fingerprint density at radius 2 is 1.82 bits per heavy atom. The van der Waals surface area contributed by atoms with E-state index in [0.29, 0.717) is 65.4 Å². The molecule has 4 heterocycles. The Bertz CT molecular complexity index is 1400. The molecule has 1 aromatic carbocycles. The second-order valence-corrected chi connectivity index (χ2v) is 13.9. The van der Waals surface area contributed by atoms with Crippen LogP contribution >= 0.6 is 23.5 Å². The molecule has 2 aromatic rings. The average molecular weight is 597 g/mol. The van der Waals surface area contributed by atoms with Crippen molar-refractivity contribution in [1.82, 2.24) is 14.5 Å². The molecule has 7 nitrogen and oxygen atoms in total. The summed E-state index contributed by atoms with van der Waals surface area (Å²) in [5.74, 6) is 2.29. The number of aromatic nitrogens is 2. The number of hydrogen-bond donors (Lipinski definition) is 0. The van der Waals surface area contributed by atoms with Gasteiger partial charge in [-0.2, -0.15) is 29.9 Å². The van der Waals surface area contributed by atoms with Crippen LogP contribution in [0.15, 0.2) is 21.8 Å². The normalized spacial score (nSPS) is 22.2. The standard InChI is InChI=1S/C28H35F3N4O3S2/c1-16-14-33(15-17(2)35(16)26(37)38-27(3,4)5)24-19-13-20(28(29,30)31)21(18-7-11-39-12-8-18)23-22(19)34(25(36)32-24)9-6-10-40-23/h7,13,16-17H,6,8-12,14-15H2,1-5H3. The third-order valence-electron chi connectivity index (χ3n) is 7.38. The number of thioether (sulfide) groups is 2. The topological polar surface area (TPSA) is 67.7 Å². The minimum Gasteiger partial charge on any atom is -0.444 e. The molecule has 0 aliphatic carbocycles. The molecule has 0 saturated carbocycles. The molecule has 218 valence electrons. The highest BCUT2D eigenvalue weighted by molar-refractivity contribution is 7.99. The molecule has 3 aliphatic heterocycles. The van der Waals surface area contributed by atoms with Gasteiger partial charge in [-0.1, -0.05) is 6.08 Å². The van der Waals surface area contributed by atoms with Crippen LogP contribution < -0.4 is 10.6 Å². The number of rotatable bonds is 2. The molecule has 2 atom stereocenters. The lowest BCUT2D eigenvalue weighted by Gasteiger charge is -2.45. The average Bonchev–Trinajstić information content (AvgIpc) is 3.08. The van der Waals surface area contributed by atoms with Crippen LogP contribution in [0.3, 0.4) is 0 Å². The summed E-state index contributed by atoms with van der Waals surface area (Å²) in [4.78, 5) is 34.8. The summed E-state index contributed by atoms with van der Waals surface area (Å²) >= 11 is 3.10. The van der Waals surface area contributed by atoms with Gasteiger partial charge in [-0.05, 0) is 70.6 Å². The Balaban J connectivity index is 1.68. The highest BCUT2D eigenvalue weighted by Crippen LogP contribution is 2.47. The Hall–Kier alpha value is -2.34. The van der Waals surface area contributed by atoms with Gasteiger partial charge in [0.2, 0.25) is 0 Å². The van der Waals surface area contributed by atoms with E-state index in [0.717, 1.165) is 5.75 Å². The Kier molecular flexibility index (Phi) is 7.88. The molecule has 1 aromatic heterocycles. The molecule has 3 aliphatic rings. The van der Waals surface area contributed by atoms with Gasteiger partial charge in [0.1, 0.15) is 11.4 Å². The maximum Gasteiger partial charge on any atom is 0.417 e. The molecule has 12 heteroatoms. The number of carbonyl (C=O) groups excluding carboxylic acids is 1. The van der Waals surface area contributed by atoms with Crippen molar-refractivity contribution in [1.29, 1.82) is 0 Å². The molecule has 2 unspecified atom stereocenters. The van der Waals surface area contributed by atoms with E-state index in [4.69, 9.17) is 4.74 Å². The highest BCUT2D eigenvalue weighted by Gasteiger charge is 2.40. The lowest BCUT2D eigenvalue weighted by atomic mass is 9.94. The summed E-state index contributed by atoms with van der Waals surface area (Å²) in [6.45, 7) is 10.2. The first-order valence-corrected chi connectivity index (χ1v) is 15.7. The van der Waals surface area contributed by atoms with Gasteiger partial charge in [-0.25, -0.2) is 9.59 Å². The van der Waals surface area contributed by atoms with Crippen molar-refractivity contribution < 1.29 is 22.7 Å². The predicted octanol–water partition coefficient (Wildman–Crippen LogP) is 6.27. The lowest BCUT2D eigenvalue weighted by molar-refractivity contribution is -0.137. The molecule has 1 saturated heterocycles. The molecule has 40 heavy (non-hydrogen) atoms. The van der Waals surface area contributed by atoms with E-state index in [2.05, 4.69) is 4.98 Å². The van der Waals surface area contributed by atoms with Gasteiger partial charge in [0, 0.05) is 41.2 Å². The van der Waals surface area contributed by atoms with Crippen LogP contribution in [0.4, 0.5) is 23.8 Å². The van der Waals surface area contributed by atoms with Gasteiger partial charge in [0.05, 0.1) is 23.2 Å². The van der Waals surface area contributed by atoms with Gasteiger partial charge in [-0.3, -0.25) is 9.47 Å². The van der Waals surface area contributed by atoms with E-state index in [1.54, 1.807) is 42.0 Å². The maximum atomic E-state index is 14.7. The fourth-order valence-electron chi connectivity index (χ4n) is 5.85. The van der Waals surface area contributed by atoms with Crippen LogP contribution in [0, 0.1) is 0 Å². The molecule has 0 spiro atoms. The molecule has 1 amide bonds. The van der Waals surface area contributed by atoms with Crippen molar-refractivity contribution in [2.75, 3.05) is 35.2 Å². The number of nitrogens with zero attached hydrogens (tertiary/aromatic N) is 4. The second kappa shape index (κ2) is 10.8. The van der Waals surface area contributed by atoms with Crippen LogP contribution in [-0.4, -0.2) is 68.6 Å². The van der Waals surface area contributed by atoms with E-state index in [9.17, 15) is 22.8 Å². The molecular weight excluding hydrogens is 561 g/mol. The number of hydrogen-bond acceptors (Lipinski definition) is 7. The van der Waals surface area contributed by atoms with Crippen LogP contribution in [0.2, 0.25) is 0 Å². The van der Waals surface area contributed by atoms with Crippen molar-refractivity contribution in [3.8, 4) is 0 Å². The van der Waals surface area contributed by atoms with Crippen LogP contribution in [0.25, 0.3) is 16.5 Å². The Labute approximate surface area is 240 Å². The number of alkyl halides is 3. The summed E-state index contributed by atoms with van der Waals surface area (Å²) in [5, 5.41) is 0.330. The van der Waals surface area contributed by atoms with Gasteiger partial charge in [0.25, 0.3) is 0 Å². The van der Waals surface area contributed by atoms with E-state index >= 15 is 0 Å². The first-order chi connectivity index (χ1) is 18.8. The zero-order valence-electron chi connectivity index (χ0n) is 23.4. The van der Waals surface area contributed by atoms with Crippen LogP contribution in [0.1, 0.15) is 58.6 Å². The number of carbonyl (C=O) groups is 1. The molecule has 0 radical (unpaired) electrons. The fraction of sp³-hybridized carbons (Fsp3) is 0.607. The lowest BCUT2D eigenvalue weighted by Crippen LogP contribution is -2.59. The Morgan fingerprint density at radius 1 is 1.12 bits per heavy atom. The summed E-state index contributed by atoms with van der Waals surface area (Å²) < 4.78 is 51.3. The molecular formula is C28H35F3N4O3S2. The number of anilines is 1. The maximum absolute atomic E-state index is 14.7. The van der Waals surface area contributed by atoms with Crippen molar-refractivity contribution in [2.45, 2.75) is 82.8 Å². The largest absolute Gasteiger partial charge is 0.444 e. The van der Waals surface area contributed by atoms with Crippen LogP contribution in [-0.2, 0) is 17.5 Å². The SMILES string of the molecule is CC1CN(c2nc(=O)n3c4c(c(C5=CCSCC5)c(C(F)(F)F)cc24)SCCC3)CC(C)N1C(=O)OC(C)(C)C. The van der Waals surface area contributed by atoms with E-state index in [1.165, 1.54) is 17.8 Å². The number of ether oxygens (including phenoxy) is 1. The van der Waals surface area contributed by atoms with Crippen LogP contribution in [0.5, 0.6) is 0 Å². The second-order valence-electron chi connectivity index (χ2n) is 11.6. The first-order valence-electron chi connectivity index (χ1n) is 13.6. The monoisotopic (exact) mass is 596 g/mol. The van der Waals surface area contributed by atoms with Crippen molar-refractivity contribution in [3.05, 3.63) is 33.8 Å². The third-order valence-corrected chi connectivity index (χ3v) is 9.46. The third kappa shape index (κ3) is 5.57. The van der Waals surface area contributed by atoms with Gasteiger partial charge in [-0.15, -0.1) is 11.8 Å². The Morgan fingerprint density at radius 3 is 2.42 bits per heavy atom. The minimum atomic E-state index is -4.58.